The minimum absolute atomic E-state index is 0.266. The summed E-state index contributed by atoms with van der Waals surface area (Å²) in [6.07, 6.45) is 1.80. The molecule has 5 nitrogen and oxygen atoms in total. The van der Waals surface area contributed by atoms with E-state index in [0.29, 0.717) is 0 Å². The average molecular weight is 416 g/mol. The monoisotopic (exact) mass is 415 g/mol. The van der Waals surface area contributed by atoms with Gasteiger partial charge in [0.15, 0.2) is 11.5 Å². The maximum Gasteiger partial charge on any atom is 0.231 e. The van der Waals surface area contributed by atoms with E-state index in [-0.39, 0.29) is 6.79 Å². The number of ether oxygens (including phenoxy) is 2. The van der Waals surface area contributed by atoms with E-state index in [9.17, 15) is 0 Å². The van der Waals surface area contributed by atoms with Crippen LogP contribution in [0.25, 0.3) is 11.3 Å². The van der Waals surface area contributed by atoms with Crippen LogP contribution >= 0.6 is 27.3 Å². The Morgan fingerprint density at radius 1 is 1.12 bits per heavy atom. The van der Waals surface area contributed by atoms with Crippen molar-refractivity contribution in [3.05, 3.63) is 62.7 Å². The smallest absolute Gasteiger partial charge is 0.231 e. The molecule has 126 valence electrons. The van der Waals surface area contributed by atoms with Crippen LogP contribution in [-0.4, -0.2) is 24.7 Å². The van der Waals surface area contributed by atoms with Gasteiger partial charge in [-0.25, -0.2) is 4.68 Å². The number of hydrogen-bond donors (Lipinski definition) is 0. The van der Waals surface area contributed by atoms with Crippen molar-refractivity contribution in [2.45, 2.75) is 0 Å². The molecule has 0 saturated carbocycles. The van der Waals surface area contributed by atoms with E-state index in [0.717, 1.165) is 37.6 Å². The van der Waals surface area contributed by atoms with Gasteiger partial charge in [-0.3, -0.25) is 4.99 Å². The molecule has 0 unspecified atom stereocenters. The third-order valence-corrected chi connectivity index (χ3v) is 5.17. The summed E-state index contributed by atoms with van der Waals surface area (Å²) in [5, 5.41) is 6.69. The second-order valence-electron chi connectivity index (χ2n) is 5.30. The molecule has 0 bridgehead atoms. The van der Waals surface area contributed by atoms with E-state index in [1.54, 1.807) is 24.6 Å². The molecular weight excluding hydrogens is 402 g/mol. The predicted molar refractivity (Wildman–Crippen MR) is 102 cm³/mol. The lowest BCUT2D eigenvalue weighted by molar-refractivity contribution is 0.174. The largest absolute Gasteiger partial charge is 0.454 e. The molecule has 0 amide bonds. The third-order valence-electron chi connectivity index (χ3n) is 3.74. The third kappa shape index (κ3) is 3.25. The molecule has 3 aromatic rings. The number of fused-ring (bicyclic) bond motifs is 1. The van der Waals surface area contributed by atoms with Crippen molar-refractivity contribution in [1.29, 1.82) is 0 Å². The number of hydrogen-bond acceptors (Lipinski definition) is 5. The van der Waals surface area contributed by atoms with Crippen molar-refractivity contribution in [1.82, 2.24) is 4.68 Å². The summed E-state index contributed by atoms with van der Waals surface area (Å²) < 4.78 is 13.6. The molecular formula is C18H14BrN3O2S. The summed E-state index contributed by atoms with van der Waals surface area (Å²) >= 11 is 5.02. The van der Waals surface area contributed by atoms with Gasteiger partial charge in [-0.05, 0) is 35.9 Å². The van der Waals surface area contributed by atoms with Gasteiger partial charge in [0.2, 0.25) is 11.6 Å². The van der Waals surface area contributed by atoms with Crippen LogP contribution in [0.1, 0.15) is 5.56 Å². The molecule has 2 aromatic carbocycles. The zero-order valence-corrected chi connectivity index (χ0v) is 15.8. The van der Waals surface area contributed by atoms with Gasteiger partial charge in [0.1, 0.15) is 0 Å². The second-order valence-corrected chi connectivity index (χ2v) is 7.06. The molecule has 0 atom stereocenters. The van der Waals surface area contributed by atoms with Crippen LogP contribution < -0.4 is 14.3 Å². The number of nitrogens with zero attached hydrogens (tertiary/aromatic N) is 3. The van der Waals surface area contributed by atoms with Crippen LogP contribution in [0.4, 0.5) is 0 Å². The van der Waals surface area contributed by atoms with Gasteiger partial charge < -0.3 is 9.47 Å². The topological polar surface area (TPSA) is 48.1 Å². The molecule has 0 spiro atoms. The highest BCUT2D eigenvalue weighted by atomic mass is 79.9. The van der Waals surface area contributed by atoms with Crippen molar-refractivity contribution >= 4 is 33.5 Å². The first-order chi connectivity index (χ1) is 12.2. The fourth-order valence-electron chi connectivity index (χ4n) is 2.50. The summed E-state index contributed by atoms with van der Waals surface area (Å²) in [6, 6.07) is 13.9. The quantitative estimate of drug-likeness (QED) is 0.604. The number of halogens is 1. The standard InChI is InChI=1S/C18H14BrN3O2S/c1-20-18-22(15(10-25-18)13-3-5-14(19)6-4-13)21-9-12-2-7-16-17(8-12)24-11-23-16/h2-10H,11H2,1H3. The van der Waals surface area contributed by atoms with Crippen molar-refractivity contribution in [2.24, 2.45) is 10.1 Å². The SMILES string of the molecule is CN=c1scc(-c2ccc(Br)cc2)n1N=Cc1ccc2c(c1)OCO2. The van der Waals surface area contributed by atoms with Crippen LogP contribution in [-0.2, 0) is 0 Å². The average Bonchev–Trinajstić information content (AvgIpc) is 3.26. The van der Waals surface area contributed by atoms with Gasteiger partial charge in [0.05, 0.1) is 11.9 Å². The molecule has 0 saturated heterocycles. The molecule has 4 rings (SSSR count). The lowest BCUT2D eigenvalue weighted by atomic mass is 10.2. The van der Waals surface area contributed by atoms with E-state index in [1.165, 1.54) is 0 Å². The normalized spacial score (nSPS) is 13.8. The zero-order chi connectivity index (χ0) is 17.2. The Hall–Kier alpha value is -2.38. The Labute approximate surface area is 157 Å². The Bertz CT molecular complexity index is 1010. The van der Waals surface area contributed by atoms with E-state index in [4.69, 9.17) is 9.47 Å². The minimum atomic E-state index is 0.266. The van der Waals surface area contributed by atoms with E-state index < -0.39 is 0 Å². The number of benzene rings is 2. The van der Waals surface area contributed by atoms with Gasteiger partial charge in [-0.15, -0.1) is 11.3 Å². The number of aromatic nitrogens is 1. The van der Waals surface area contributed by atoms with E-state index >= 15 is 0 Å². The first-order valence-electron chi connectivity index (χ1n) is 7.58. The predicted octanol–water partition coefficient (Wildman–Crippen LogP) is 4.12. The minimum Gasteiger partial charge on any atom is -0.454 e. The molecule has 1 aromatic heterocycles. The molecule has 1 aliphatic rings. The number of rotatable bonds is 3. The van der Waals surface area contributed by atoms with Crippen LogP contribution in [0, 0.1) is 0 Å². The molecule has 0 aliphatic carbocycles. The molecule has 2 heterocycles. The van der Waals surface area contributed by atoms with Crippen molar-refractivity contribution in [3.63, 3.8) is 0 Å². The van der Waals surface area contributed by atoms with Crippen molar-refractivity contribution in [3.8, 4) is 22.8 Å². The van der Waals surface area contributed by atoms with Crippen LogP contribution in [0.2, 0.25) is 0 Å². The summed E-state index contributed by atoms with van der Waals surface area (Å²) in [7, 11) is 1.77. The molecule has 25 heavy (non-hydrogen) atoms. The Kier molecular flexibility index (Phi) is 4.42. The first kappa shape index (κ1) is 16.1. The maximum absolute atomic E-state index is 5.41. The summed E-state index contributed by atoms with van der Waals surface area (Å²) in [5.74, 6) is 1.51. The summed E-state index contributed by atoms with van der Waals surface area (Å²) in [6.45, 7) is 0.266. The van der Waals surface area contributed by atoms with Crippen LogP contribution in [0.5, 0.6) is 11.5 Å². The van der Waals surface area contributed by atoms with Crippen LogP contribution in [0.15, 0.2) is 62.4 Å². The highest BCUT2D eigenvalue weighted by molar-refractivity contribution is 9.10. The number of thiazole rings is 1. The van der Waals surface area contributed by atoms with E-state index in [2.05, 4.69) is 43.5 Å². The fourth-order valence-corrected chi connectivity index (χ4v) is 3.57. The Morgan fingerprint density at radius 2 is 1.92 bits per heavy atom. The lowest BCUT2D eigenvalue weighted by Gasteiger charge is -2.04. The van der Waals surface area contributed by atoms with Gasteiger partial charge in [0.25, 0.3) is 0 Å². The van der Waals surface area contributed by atoms with Gasteiger partial charge in [-0.2, -0.15) is 5.10 Å². The summed E-state index contributed by atoms with van der Waals surface area (Å²) in [4.78, 5) is 5.15. The van der Waals surface area contributed by atoms with Gasteiger partial charge >= 0.3 is 0 Å². The van der Waals surface area contributed by atoms with E-state index in [1.807, 2.05) is 35.0 Å². The molecule has 0 fully saturated rings. The fraction of sp³-hybridized carbons (Fsp3) is 0.111. The maximum atomic E-state index is 5.41. The molecule has 7 heteroatoms. The molecule has 0 N–H and O–H groups in total. The Morgan fingerprint density at radius 3 is 2.72 bits per heavy atom. The highest BCUT2D eigenvalue weighted by Gasteiger charge is 2.12. The lowest BCUT2D eigenvalue weighted by Crippen LogP contribution is -2.11. The second kappa shape index (κ2) is 6.85. The van der Waals surface area contributed by atoms with Gasteiger partial charge in [0, 0.05) is 22.5 Å². The van der Waals surface area contributed by atoms with Gasteiger partial charge in [-0.1, -0.05) is 28.1 Å². The van der Waals surface area contributed by atoms with Crippen molar-refractivity contribution in [2.75, 3.05) is 13.8 Å². The molecule has 0 radical (unpaired) electrons. The first-order valence-corrected chi connectivity index (χ1v) is 9.25. The summed E-state index contributed by atoms with van der Waals surface area (Å²) in [5.41, 5.74) is 3.01. The zero-order valence-electron chi connectivity index (χ0n) is 13.3. The van der Waals surface area contributed by atoms with Crippen LogP contribution in [0.3, 0.4) is 0 Å². The molecule has 1 aliphatic heterocycles. The highest BCUT2D eigenvalue weighted by Crippen LogP contribution is 2.32. The Balaban J connectivity index is 1.72. The van der Waals surface area contributed by atoms with Crippen molar-refractivity contribution < 1.29 is 9.47 Å².